The summed E-state index contributed by atoms with van der Waals surface area (Å²) in [7, 11) is 0. The predicted octanol–water partition coefficient (Wildman–Crippen LogP) is 2.95. The van der Waals surface area contributed by atoms with E-state index in [2.05, 4.69) is 17.1 Å². The van der Waals surface area contributed by atoms with Crippen LogP contribution in [-0.4, -0.2) is 60.4 Å². The number of carbonyl (C=O) groups excluding carboxylic acids is 2. The molecule has 150 valence electrons. The summed E-state index contributed by atoms with van der Waals surface area (Å²) in [6.07, 6.45) is 4.65. The fourth-order valence-corrected chi connectivity index (χ4v) is 4.16. The average Bonchev–Trinajstić information content (AvgIpc) is 2.72. The number of hydrogen-bond acceptors (Lipinski definition) is 3. The van der Waals surface area contributed by atoms with Crippen molar-refractivity contribution >= 4 is 24.2 Å². The quantitative estimate of drug-likeness (QED) is 0.836. The van der Waals surface area contributed by atoms with Gasteiger partial charge in [-0.3, -0.25) is 9.59 Å². The highest BCUT2D eigenvalue weighted by molar-refractivity contribution is 5.94. The third kappa shape index (κ3) is 5.45. The zero-order chi connectivity index (χ0) is 18.4. The topological polar surface area (TPSA) is 52.7 Å². The van der Waals surface area contributed by atoms with Crippen LogP contribution in [0.5, 0.6) is 0 Å². The lowest BCUT2D eigenvalue weighted by molar-refractivity contribution is -0.139. The highest BCUT2D eigenvalue weighted by Gasteiger charge is 2.33. The Hall–Kier alpha value is -1.59. The molecule has 3 rings (SSSR count). The van der Waals surface area contributed by atoms with Crippen molar-refractivity contribution in [2.24, 2.45) is 5.92 Å². The number of amides is 2. The van der Waals surface area contributed by atoms with Gasteiger partial charge in [0.1, 0.15) is 0 Å². The normalized spacial score (nSPS) is 18.6. The molecule has 0 bridgehead atoms. The number of hydrogen-bond donors (Lipinski definition) is 1. The summed E-state index contributed by atoms with van der Waals surface area (Å²) in [5.74, 6) is 0.615. The minimum Gasteiger partial charge on any atom is -0.339 e. The molecule has 27 heavy (non-hydrogen) atoms. The summed E-state index contributed by atoms with van der Waals surface area (Å²) in [4.78, 5) is 29.7. The maximum atomic E-state index is 13.0. The molecule has 5 nitrogen and oxygen atoms in total. The van der Waals surface area contributed by atoms with Gasteiger partial charge in [-0.2, -0.15) is 0 Å². The molecular weight excluding hydrogens is 362 g/mol. The van der Waals surface area contributed by atoms with E-state index in [9.17, 15) is 9.59 Å². The molecule has 1 aromatic carbocycles. The van der Waals surface area contributed by atoms with E-state index >= 15 is 0 Å². The Bertz CT molecular complexity index is 597. The van der Waals surface area contributed by atoms with E-state index in [-0.39, 0.29) is 30.3 Å². The summed E-state index contributed by atoms with van der Waals surface area (Å²) in [5, 5.41) is 3.34. The number of benzene rings is 1. The van der Waals surface area contributed by atoms with Crippen LogP contribution in [0.1, 0.15) is 49.4 Å². The Morgan fingerprint density at radius 2 is 1.70 bits per heavy atom. The van der Waals surface area contributed by atoms with Crippen LogP contribution in [-0.2, 0) is 4.79 Å². The fraction of sp³-hybridized carbons (Fsp3) is 0.619. The van der Waals surface area contributed by atoms with E-state index in [0.717, 1.165) is 70.4 Å². The van der Waals surface area contributed by atoms with Gasteiger partial charge < -0.3 is 15.1 Å². The molecule has 2 saturated heterocycles. The fourth-order valence-electron chi connectivity index (χ4n) is 4.16. The zero-order valence-electron chi connectivity index (χ0n) is 16.2. The number of nitrogens with zero attached hydrogens (tertiary/aromatic N) is 2. The lowest BCUT2D eigenvalue weighted by Gasteiger charge is -2.40. The van der Waals surface area contributed by atoms with Crippen molar-refractivity contribution in [3.63, 3.8) is 0 Å². The van der Waals surface area contributed by atoms with Crippen molar-refractivity contribution < 1.29 is 9.59 Å². The van der Waals surface area contributed by atoms with E-state index in [1.54, 1.807) is 0 Å². The zero-order valence-corrected chi connectivity index (χ0v) is 17.0. The second-order valence-corrected chi connectivity index (χ2v) is 7.45. The first-order chi connectivity index (χ1) is 12.7. The van der Waals surface area contributed by atoms with Crippen LogP contribution >= 0.6 is 12.4 Å². The van der Waals surface area contributed by atoms with Crippen molar-refractivity contribution in [3.8, 4) is 0 Å². The monoisotopic (exact) mass is 393 g/mol. The number of piperidine rings is 2. The van der Waals surface area contributed by atoms with Gasteiger partial charge in [0.15, 0.2) is 0 Å². The van der Waals surface area contributed by atoms with Gasteiger partial charge in [0.05, 0.1) is 0 Å². The van der Waals surface area contributed by atoms with Crippen LogP contribution in [0.25, 0.3) is 0 Å². The number of rotatable bonds is 5. The van der Waals surface area contributed by atoms with Gasteiger partial charge in [0.2, 0.25) is 5.91 Å². The van der Waals surface area contributed by atoms with Crippen LogP contribution in [0.2, 0.25) is 0 Å². The molecule has 0 saturated carbocycles. The molecule has 0 spiro atoms. The lowest BCUT2D eigenvalue weighted by Crippen LogP contribution is -2.51. The van der Waals surface area contributed by atoms with Crippen molar-refractivity contribution in [1.29, 1.82) is 0 Å². The molecule has 6 heteroatoms. The first-order valence-corrected chi connectivity index (χ1v) is 10.1. The van der Waals surface area contributed by atoms with Crippen molar-refractivity contribution in [1.82, 2.24) is 15.1 Å². The van der Waals surface area contributed by atoms with E-state index in [1.165, 1.54) is 0 Å². The third-order valence-corrected chi connectivity index (χ3v) is 5.65. The van der Waals surface area contributed by atoms with E-state index in [0.29, 0.717) is 5.91 Å². The second kappa shape index (κ2) is 10.7. The molecule has 2 aliphatic heterocycles. The van der Waals surface area contributed by atoms with Crippen LogP contribution in [0.15, 0.2) is 30.3 Å². The summed E-state index contributed by atoms with van der Waals surface area (Å²) in [6, 6.07) is 9.76. The first kappa shape index (κ1) is 21.7. The Morgan fingerprint density at radius 1 is 1.07 bits per heavy atom. The SMILES string of the molecule is CCCN(C(=O)C1CCNCC1)C1CCN(C(=O)c2ccccc2)CC1.Cl. The van der Waals surface area contributed by atoms with Crippen LogP contribution in [0.4, 0.5) is 0 Å². The summed E-state index contributed by atoms with van der Waals surface area (Å²) < 4.78 is 0. The predicted molar refractivity (Wildman–Crippen MR) is 110 cm³/mol. The molecule has 1 N–H and O–H groups in total. The minimum atomic E-state index is 0. The van der Waals surface area contributed by atoms with Crippen molar-refractivity contribution in [2.45, 2.75) is 45.1 Å². The molecule has 0 atom stereocenters. The molecule has 0 radical (unpaired) electrons. The molecule has 0 aliphatic carbocycles. The Kier molecular flexibility index (Phi) is 8.58. The molecule has 1 aromatic rings. The van der Waals surface area contributed by atoms with Gasteiger partial charge in [0.25, 0.3) is 5.91 Å². The maximum Gasteiger partial charge on any atom is 0.253 e. The molecular formula is C21H32ClN3O2. The minimum absolute atomic E-state index is 0. The number of nitrogens with one attached hydrogen (secondary N) is 1. The van der Waals surface area contributed by atoms with Gasteiger partial charge in [-0.1, -0.05) is 25.1 Å². The maximum absolute atomic E-state index is 13.0. The smallest absolute Gasteiger partial charge is 0.253 e. The Labute approximate surface area is 168 Å². The lowest BCUT2D eigenvalue weighted by atomic mass is 9.94. The molecule has 0 aromatic heterocycles. The van der Waals surface area contributed by atoms with Crippen molar-refractivity contribution in [2.75, 3.05) is 32.7 Å². The Morgan fingerprint density at radius 3 is 2.30 bits per heavy atom. The molecule has 2 amide bonds. The van der Waals surface area contributed by atoms with Crippen LogP contribution in [0.3, 0.4) is 0 Å². The molecule has 0 unspecified atom stereocenters. The summed E-state index contributed by atoms with van der Waals surface area (Å²) >= 11 is 0. The average molecular weight is 394 g/mol. The largest absolute Gasteiger partial charge is 0.339 e. The second-order valence-electron chi connectivity index (χ2n) is 7.45. The van der Waals surface area contributed by atoms with E-state index < -0.39 is 0 Å². The van der Waals surface area contributed by atoms with E-state index in [4.69, 9.17) is 0 Å². The Balaban J connectivity index is 0.00000261. The molecule has 2 heterocycles. The van der Waals surface area contributed by atoms with Gasteiger partial charge in [-0.05, 0) is 57.3 Å². The summed E-state index contributed by atoms with van der Waals surface area (Å²) in [6.45, 7) is 6.33. The molecule has 2 aliphatic rings. The standard InChI is InChI=1S/C21H31N3O2.ClH/c1-2-14-24(21(26)18-8-12-22-13-9-18)19-10-15-23(16-11-19)20(25)17-6-4-3-5-7-17;/h3-7,18-19,22H,2,8-16H2,1H3;1H. The summed E-state index contributed by atoms with van der Waals surface area (Å²) in [5.41, 5.74) is 0.752. The highest BCUT2D eigenvalue weighted by atomic mass is 35.5. The number of halogens is 1. The van der Waals surface area contributed by atoms with Crippen LogP contribution in [0, 0.1) is 5.92 Å². The number of likely N-dealkylation sites (tertiary alicyclic amines) is 1. The van der Waals surface area contributed by atoms with Gasteiger partial charge in [-0.15, -0.1) is 12.4 Å². The number of carbonyl (C=O) groups is 2. The third-order valence-electron chi connectivity index (χ3n) is 5.65. The van der Waals surface area contributed by atoms with Gasteiger partial charge in [0, 0.05) is 37.2 Å². The van der Waals surface area contributed by atoms with Crippen molar-refractivity contribution in [3.05, 3.63) is 35.9 Å². The first-order valence-electron chi connectivity index (χ1n) is 10.1. The van der Waals surface area contributed by atoms with Gasteiger partial charge >= 0.3 is 0 Å². The molecule has 2 fully saturated rings. The van der Waals surface area contributed by atoms with Crippen LogP contribution < -0.4 is 5.32 Å². The van der Waals surface area contributed by atoms with E-state index in [1.807, 2.05) is 35.2 Å². The highest BCUT2D eigenvalue weighted by Crippen LogP contribution is 2.23. The van der Waals surface area contributed by atoms with Gasteiger partial charge in [-0.25, -0.2) is 0 Å².